The molecule has 0 spiro atoms. The zero-order chi connectivity index (χ0) is 91.7. The molecule has 4 rings (SSSR count). The Hall–Kier alpha value is -10.5. The van der Waals surface area contributed by atoms with Crippen LogP contribution in [0.25, 0.3) is 0 Å². The maximum absolute atomic E-state index is 17.7. The molecule has 121 heavy (non-hydrogen) atoms. The molecule has 53 heteroatoms. The molecule has 4 saturated heterocycles. The van der Waals surface area contributed by atoms with Gasteiger partial charge in [0.25, 0.3) is 0 Å². The van der Waals surface area contributed by atoms with Crippen LogP contribution in [-0.4, -0.2) is 293 Å². The van der Waals surface area contributed by atoms with Gasteiger partial charge in [-0.2, -0.15) is 4.31 Å². The maximum atomic E-state index is 17.7. The number of ether oxygens (including phenoxy) is 24. The van der Waals surface area contributed by atoms with Gasteiger partial charge in [0, 0.05) is 138 Å². The summed E-state index contributed by atoms with van der Waals surface area (Å²) in [6.07, 6.45) is -63.6. The average Bonchev–Trinajstić information content (AvgIpc) is 0.754. The minimum Gasteiger partial charge on any atom is -0.462 e. The van der Waals surface area contributed by atoms with E-state index in [0.717, 1.165) is 55.4 Å². The first-order valence-electron chi connectivity index (χ1n) is 35.7. The second-order valence-electron chi connectivity index (χ2n) is 26.0. The topological polar surface area (TPSA) is 643 Å². The fourth-order valence-corrected chi connectivity index (χ4v) is 15.3. The van der Waals surface area contributed by atoms with E-state index in [-0.39, 0.29) is 0 Å². The molecule has 24 atom stereocenters. The van der Waals surface area contributed by atoms with Gasteiger partial charge in [0.2, 0.25) is 25.2 Å². The van der Waals surface area contributed by atoms with Crippen LogP contribution in [0.3, 0.4) is 0 Å². The van der Waals surface area contributed by atoms with E-state index in [9.17, 15) is 95.9 Å². The molecule has 680 valence electrons. The second kappa shape index (κ2) is 46.5. The molecule has 0 saturated carbocycles. The molecule has 0 aromatic rings. The molecular weight excluding hydrogens is 1690 g/mol. The summed E-state index contributed by atoms with van der Waals surface area (Å²) in [5.74, 6) is -27.5. The molecule has 4 aliphatic heterocycles. The number of phosphoric ester groups is 2. The fraction of sp³-hybridized carbons (Fsp3) is 0.706. The third kappa shape index (κ3) is 33.1. The van der Waals surface area contributed by atoms with Crippen molar-refractivity contribution < 1.29 is 241 Å². The van der Waals surface area contributed by atoms with Gasteiger partial charge < -0.3 is 114 Å². The average molecular weight is 1790 g/mol. The monoisotopic (exact) mass is 1790 g/mol. The Kier molecular flexibility index (Phi) is 39.5. The summed E-state index contributed by atoms with van der Waals surface area (Å²) in [7, 11) is -15.0. The van der Waals surface area contributed by atoms with Gasteiger partial charge >= 0.3 is 135 Å². The van der Waals surface area contributed by atoms with Crippen molar-refractivity contribution >= 4 is 135 Å². The molecule has 4 aliphatic rings. The van der Waals surface area contributed by atoms with Gasteiger partial charge in [0.05, 0.1) is 0 Å². The first kappa shape index (κ1) is 103. The molecular formula is C68H92O51P2. The maximum Gasteiger partial charge on any atom is 0.488 e. The van der Waals surface area contributed by atoms with Gasteiger partial charge in [-0.3, -0.25) is 114 Å². The zero-order valence-corrected chi connectivity index (χ0v) is 70.2. The molecule has 0 aliphatic carbocycles. The fourth-order valence-electron chi connectivity index (χ4n) is 11.9. The van der Waals surface area contributed by atoms with E-state index in [4.69, 9.17) is 136 Å². The Morgan fingerprint density at radius 1 is 0.207 bits per heavy atom. The van der Waals surface area contributed by atoms with Gasteiger partial charge in [-0.25, -0.2) is 9.13 Å². The van der Waals surface area contributed by atoms with Gasteiger partial charge in [0.1, 0.15) is 50.8 Å². The molecule has 0 radical (unpaired) electrons. The lowest BCUT2D eigenvalue weighted by Gasteiger charge is -2.48. The highest BCUT2D eigenvalue weighted by Crippen LogP contribution is 2.70. The third-order valence-electron chi connectivity index (χ3n) is 15.4. The normalized spacial score (nSPS) is 27.7. The van der Waals surface area contributed by atoms with Crippen molar-refractivity contribution in [2.45, 2.75) is 286 Å². The Labute approximate surface area is 686 Å². The minimum absolute atomic E-state index is 0.609. The second-order valence-corrected chi connectivity index (χ2v) is 29.2. The number of esters is 20. The van der Waals surface area contributed by atoms with E-state index in [1.807, 2.05) is 0 Å². The van der Waals surface area contributed by atoms with Crippen molar-refractivity contribution in [1.29, 1.82) is 0 Å². The summed E-state index contributed by atoms with van der Waals surface area (Å²) in [6.45, 7) is 9.27. The van der Waals surface area contributed by atoms with Crippen LogP contribution in [0.5, 0.6) is 0 Å². The number of hydrogen-bond acceptors (Lipinski definition) is 51. The number of phosphoric acid groups is 2. The smallest absolute Gasteiger partial charge is 0.462 e. The molecule has 0 amide bonds. The number of hydrogen-bond donors (Lipinski definition) is 0. The largest absolute Gasteiger partial charge is 0.488 e. The van der Waals surface area contributed by atoms with Gasteiger partial charge in [-0.05, 0) is 0 Å². The van der Waals surface area contributed by atoms with Gasteiger partial charge in [-0.1, -0.05) is 0 Å². The highest BCUT2D eigenvalue weighted by Gasteiger charge is 2.66. The summed E-state index contributed by atoms with van der Waals surface area (Å²) in [4.78, 5) is 265. The predicted molar refractivity (Wildman–Crippen MR) is 371 cm³/mol. The molecule has 0 N–H and O–H groups in total. The number of carbonyl (C=O) groups excluding carboxylic acids is 20. The van der Waals surface area contributed by atoms with Crippen LogP contribution in [0.1, 0.15) is 138 Å². The summed E-state index contributed by atoms with van der Waals surface area (Å²) in [5, 5.41) is 0. The van der Waals surface area contributed by atoms with E-state index in [1.54, 1.807) is 0 Å². The third-order valence-corrected chi connectivity index (χ3v) is 18.9. The molecule has 51 nitrogen and oxygen atoms in total. The minimum atomic E-state index is -7.52. The Bertz CT molecular complexity index is 3450. The van der Waals surface area contributed by atoms with Crippen molar-refractivity contribution in [3.05, 3.63) is 0 Å². The molecule has 4 fully saturated rings. The Balaban J connectivity index is 2.58. The van der Waals surface area contributed by atoms with Crippen LogP contribution in [0.4, 0.5) is 0 Å². The van der Waals surface area contributed by atoms with E-state index < -0.39 is 309 Å². The van der Waals surface area contributed by atoms with Crippen molar-refractivity contribution in [1.82, 2.24) is 0 Å². The summed E-state index contributed by atoms with van der Waals surface area (Å²) in [6, 6.07) is 0. The lowest BCUT2D eigenvalue weighted by atomic mass is 9.94. The van der Waals surface area contributed by atoms with Crippen molar-refractivity contribution in [3.8, 4) is 0 Å². The Morgan fingerprint density at radius 2 is 0.347 bits per heavy atom. The quantitative estimate of drug-likeness (QED) is 0.0421. The van der Waals surface area contributed by atoms with E-state index in [2.05, 4.69) is 0 Å². The first-order valence-corrected chi connectivity index (χ1v) is 38.6. The summed E-state index contributed by atoms with van der Waals surface area (Å²) >= 11 is 0. The number of rotatable bonds is 38. The van der Waals surface area contributed by atoms with Crippen molar-refractivity contribution in [2.24, 2.45) is 0 Å². The van der Waals surface area contributed by atoms with Crippen LogP contribution >= 0.6 is 15.6 Å². The van der Waals surface area contributed by atoms with Crippen LogP contribution < -0.4 is 0 Å². The van der Waals surface area contributed by atoms with Gasteiger partial charge in [-0.15, -0.1) is 0 Å². The Morgan fingerprint density at radius 3 is 0.479 bits per heavy atom. The number of carbonyl (C=O) groups is 20. The highest BCUT2D eigenvalue weighted by molar-refractivity contribution is 7.62. The van der Waals surface area contributed by atoms with Crippen molar-refractivity contribution in [2.75, 3.05) is 26.4 Å². The molecule has 0 unspecified atom stereocenters. The molecule has 0 bridgehead atoms. The lowest BCUT2D eigenvalue weighted by molar-refractivity contribution is -0.317. The predicted octanol–water partition coefficient (Wildman–Crippen LogP) is -0.655. The molecule has 4 heterocycles. The first-order chi connectivity index (χ1) is 56.1. The SMILES string of the molecule is CC(=O)OC[C@H](OC(C)=O)[C@H]1O[C@@H](OP(=O)(O[C@@H]2O[C@H]([C@H](COC(C)=O)OC(C)=O)[C@@H](OC(C)=O)[C@H](OC(C)=O)[C@@H]2OC(C)=O)OP(=O)(O[C@@H]2O[C@H]([C@H](COC(C)=O)OC(C)=O)[C@@H](OC(C)=O)[C@H](OC(C)=O)[C@@H]2OC(C)=O)O[C@@H]2O[C@H]([C@H](COC(C)=O)OC(C)=O)[C@@H](OC(C)=O)[C@H](OC(C)=O)[C@@H]2OC(C)=O)[C@@H](OC(C)=O)[C@@H](OC(C)=O)[C@@H]1OC(C)=O. The zero-order valence-electron chi connectivity index (χ0n) is 68.4. The van der Waals surface area contributed by atoms with Gasteiger partial charge in [0.15, 0.2) is 97.7 Å². The van der Waals surface area contributed by atoms with Crippen molar-refractivity contribution in [3.63, 3.8) is 0 Å². The highest BCUT2D eigenvalue weighted by atomic mass is 31.3. The molecule has 0 aromatic heterocycles. The lowest BCUT2D eigenvalue weighted by Crippen LogP contribution is -2.66. The summed E-state index contributed by atoms with van der Waals surface area (Å²) in [5.41, 5.74) is 0. The van der Waals surface area contributed by atoms with Crippen LogP contribution in [0, 0.1) is 0 Å². The van der Waals surface area contributed by atoms with E-state index in [1.165, 1.54) is 0 Å². The standard InChI is InChI=1S/C68H92O51P2/c1-25(69)91-21-45(95-29(5)73)49-53(99-33(9)77)57(103-37(13)81)61(107-41(17)85)65(111-49)115-120(89,116-66-62(108-42(18)86)58(104-38(14)82)54(100-34(10)78)50(112-66)46(96-30(6)74)22-92-26(2)70)119-121(90,117-67-63(109-43(19)87)59(105-39(15)83)55(101-35(11)79)51(113-67)47(97-31(7)75)23-93-27(3)71)118-68-64(110-44(20)88)60(106-40(16)84)56(102-36(12)80)52(114-68)48(98-32(8)76)24-94-28(4)72/h45-68H,21-24H2,1-20H3/t45-,46-,47-,48-,49+,50+,51+,52+,53+,54+,55+,56+,57-,58-,59-,60-,61-,62-,63-,64-,65-,66-,67-,68-/m0/s1. The molecule has 0 aromatic carbocycles. The van der Waals surface area contributed by atoms with E-state index in [0.29, 0.717) is 83.1 Å². The summed E-state index contributed by atoms with van der Waals surface area (Å²) < 4.78 is 200. The van der Waals surface area contributed by atoms with Crippen LogP contribution in [0.15, 0.2) is 0 Å². The van der Waals surface area contributed by atoms with Crippen LogP contribution in [0.2, 0.25) is 0 Å². The van der Waals surface area contributed by atoms with Crippen LogP contribution in [-0.2, 0) is 241 Å². The van der Waals surface area contributed by atoms with E-state index >= 15 is 9.13 Å².